The summed E-state index contributed by atoms with van der Waals surface area (Å²) in [5.74, 6) is -0.451. The van der Waals surface area contributed by atoms with Gasteiger partial charge in [0.2, 0.25) is 0 Å². The molecule has 0 saturated carbocycles. The molecule has 5 heteroatoms. The van der Waals surface area contributed by atoms with Crippen LogP contribution < -0.4 is 10.6 Å². The summed E-state index contributed by atoms with van der Waals surface area (Å²) in [4.78, 5) is 24.2. The van der Waals surface area contributed by atoms with E-state index in [4.69, 9.17) is 0 Å². The molecule has 3 aromatic rings. The zero-order valence-corrected chi connectivity index (χ0v) is 13.2. The first-order valence-electron chi connectivity index (χ1n) is 7.65. The molecule has 0 saturated heterocycles. The van der Waals surface area contributed by atoms with Crippen molar-refractivity contribution in [2.24, 2.45) is 0 Å². The molecule has 25 heavy (non-hydrogen) atoms. The summed E-state index contributed by atoms with van der Waals surface area (Å²) in [5, 5.41) is 5.25. The zero-order valence-electron chi connectivity index (χ0n) is 13.2. The van der Waals surface area contributed by atoms with E-state index >= 15 is 0 Å². The van der Waals surface area contributed by atoms with Crippen molar-refractivity contribution in [2.75, 3.05) is 10.6 Å². The van der Waals surface area contributed by atoms with Crippen LogP contribution in [0.2, 0.25) is 0 Å². The molecule has 0 unspecified atom stereocenters. The van der Waals surface area contributed by atoms with Crippen LogP contribution in [0.25, 0.3) is 0 Å². The fourth-order valence-corrected chi connectivity index (χ4v) is 2.29. The summed E-state index contributed by atoms with van der Waals surface area (Å²) in [5.41, 5.74) is 2.17. The van der Waals surface area contributed by atoms with Gasteiger partial charge in [0.1, 0.15) is 5.82 Å². The van der Waals surface area contributed by atoms with Crippen molar-refractivity contribution in [1.29, 1.82) is 0 Å². The van der Waals surface area contributed by atoms with Crippen molar-refractivity contribution in [1.82, 2.24) is 0 Å². The molecule has 0 spiro atoms. The third kappa shape index (κ3) is 4.29. The fourth-order valence-electron chi connectivity index (χ4n) is 2.29. The first-order valence-corrected chi connectivity index (χ1v) is 7.65. The molecule has 0 aliphatic rings. The number of amides is 2. The Hall–Kier alpha value is -3.47. The Morgan fingerprint density at radius 1 is 0.640 bits per heavy atom. The predicted octanol–water partition coefficient (Wildman–Crippen LogP) is 4.70. The molecular weight excluding hydrogens is 319 g/mol. The van der Waals surface area contributed by atoms with Crippen LogP contribution >= 0.6 is 0 Å². The Labute approximate surface area is 144 Å². The average Bonchev–Trinajstić information content (AvgIpc) is 2.64. The molecule has 4 nitrogen and oxygen atoms in total. The highest BCUT2D eigenvalue weighted by Gasteiger charge is 2.09. The number of anilines is 2. The van der Waals surface area contributed by atoms with Gasteiger partial charge in [-0.25, -0.2) is 9.18 Å². The summed E-state index contributed by atoms with van der Waals surface area (Å²) in [6, 6.07) is 20.6. The molecule has 0 aromatic heterocycles. The molecule has 3 rings (SSSR count). The Balaban J connectivity index is 1.63. The maximum absolute atomic E-state index is 12.8. The van der Waals surface area contributed by atoms with Gasteiger partial charge in [-0.3, -0.25) is 4.79 Å². The minimum atomic E-state index is -0.450. The van der Waals surface area contributed by atoms with Crippen molar-refractivity contribution < 1.29 is 14.0 Å². The van der Waals surface area contributed by atoms with E-state index in [0.29, 0.717) is 22.5 Å². The molecule has 0 heterocycles. The Kier molecular flexibility index (Phi) is 4.85. The summed E-state index contributed by atoms with van der Waals surface area (Å²) in [6.45, 7) is 0. The lowest BCUT2D eigenvalue weighted by atomic mass is 10.0. The summed E-state index contributed by atoms with van der Waals surface area (Å²) in [7, 11) is 0. The van der Waals surface area contributed by atoms with Crippen LogP contribution in [-0.4, -0.2) is 11.8 Å². The number of halogens is 1. The molecule has 3 aromatic carbocycles. The van der Waals surface area contributed by atoms with E-state index in [0.717, 1.165) is 0 Å². The first kappa shape index (κ1) is 16.4. The number of ketones is 1. The largest absolute Gasteiger partial charge is 0.323 e. The number of benzene rings is 3. The summed E-state index contributed by atoms with van der Waals surface area (Å²) >= 11 is 0. The van der Waals surface area contributed by atoms with E-state index in [-0.39, 0.29) is 11.6 Å². The van der Waals surface area contributed by atoms with Crippen molar-refractivity contribution in [3.8, 4) is 0 Å². The van der Waals surface area contributed by atoms with Crippen LogP contribution in [0, 0.1) is 5.82 Å². The minimum absolute atomic E-state index is 0.0806. The second kappa shape index (κ2) is 7.40. The summed E-state index contributed by atoms with van der Waals surface area (Å²) in [6.07, 6.45) is 0. The van der Waals surface area contributed by atoms with Gasteiger partial charge in [0.25, 0.3) is 0 Å². The van der Waals surface area contributed by atoms with Gasteiger partial charge in [0.15, 0.2) is 5.78 Å². The SMILES string of the molecule is O=C(Nc1ccc(F)cc1)Nc1ccc(C(=O)c2ccccc2)cc1. The molecule has 124 valence electrons. The van der Waals surface area contributed by atoms with Crippen molar-refractivity contribution in [3.05, 3.63) is 95.8 Å². The third-order valence-corrected chi connectivity index (χ3v) is 3.54. The maximum Gasteiger partial charge on any atom is 0.323 e. The zero-order chi connectivity index (χ0) is 17.6. The van der Waals surface area contributed by atoms with Gasteiger partial charge < -0.3 is 10.6 Å². The van der Waals surface area contributed by atoms with Gasteiger partial charge in [-0.2, -0.15) is 0 Å². The fraction of sp³-hybridized carbons (Fsp3) is 0. The number of carbonyl (C=O) groups is 2. The molecular formula is C20H15FN2O2. The van der Waals surface area contributed by atoms with E-state index in [9.17, 15) is 14.0 Å². The molecule has 2 N–H and O–H groups in total. The van der Waals surface area contributed by atoms with Crippen molar-refractivity contribution in [3.63, 3.8) is 0 Å². The van der Waals surface area contributed by atoms with E-state index < -0.39 is 6.03 Å². The molecule has 0 bridgehead atoms. The highest BCUT2D eigenvalue weighted by molar-refractivity contribution is 6.09. The van der Waals surface area contributed by atoms with Gasteiger partial charge >= 0.3 is 6.03 Å². The van der Waals surface area contributed by atoms with Crippen molar-refractivity contribution in [2.45, 2.75) is 0 Å². The number of hydrogen-bond donors (Lipinski definition) is 2. The summed E-state index contributed by atoms with van der Waals surface area (Å²) < 4.78 is 12.8. The minimum Gasteiger partial charge on any atom is -0.308 e. The molecule has 0 aliphatic heterocycles. The number of hydrogen-bond acceptors (Lipinski definition) is 2. The van der Waals surface area contributed by atoms with Gasteiger partial charge in [0, 0.05) is 22.5 Å². The predicted molar refractivity (Wildman–Crippen MR) is 95.4 cm³/mol. The number of urea groups is 1. The first-order chi connectivity index (χ1) is 12.1. The lowest BCUT2D eigenvalue weighted by Gasteiger charge is -2.08. The van der Waals surface area contributed by atoms with E-state index in [1.807, 2.05) is 18.2 Å². The number of rotatable bonds is 4. The third-order valence-electron chi connectivity index (χ3n) is 3.54. The topological polar surface area (TPSA) is 58.2 Å². The highest BCUT2D eigenvalue weighted by atomic mass is 19.1. The lowest BCUT2D eigenvalue weighted by molar-refractivity contribution is 0.103. The smallest absolute Gasteiger partial charge is 0.308 e. The van der Waals surface area contributed by atoms with Crippen LogP contribution in [0.15, 0.2) is 78.9 Å². The molecule has 0 fully saturated rings. The van der Waals surface area contributed by atoms with Gasteiger partial charge in [0.05, 0.1) is 0 Å². The number of carbonyl (C=O) groups excluding carboxylic acids is 2. The van der Waals surface area contributed by atoms with Crippen LogP contribution in [0.1, 0.15) is 15.9 Å². The van der Waals surface area contributed by atoms with Crippen molar-refractivity contribution >= 4 is 23.2 Å². The Bertz CT molecular complexity index is 876. The molecule has 2 amide bonds. The highest BCUT2D eigenvalue weighted by Crippen LogP contribution is 2.15. The average molecular weight is 334 g/mol. The second-order valence-electron chi connectivity index (χ2n) is 5.36. The maximum atomic E-state index is 12.8. The Morgan fingerprint density at radius 2 is 1.12 bits per heavy atom. The molecule has 0 aliphatic carbocycles. The van der Waals surface area contributed by atoms with E-state index in [1.165, 1.54) is 24.3 Å². The monoisotopic (exact) mass is 334 g/mol. The Morgan fingerprint density at radius 3 is 1.68 bits per heavy atom. The van der Waals surface area contributed by atoms with Gasteiger partial charge in [-0.05, 0) is 48.5 Å². The quantitative estimate of drug-likeness (QED) is 0.679. The number of nitrogens with one attached hydrogen (secondary N) is 2. The van der Waals surface area contributed by atoms with E-state index in [1.54, 1.807) is 36.4 Å². The normalized spacial score (nSPS) is 10.1. The van der Waals surface area contributed by atoms with Crippen LogP contribution in [-0.2, 0) is 0 Å². The van der Waals surface area contributed by atoms with Gasteiger partial charge in [-0.1, -0.05) is 30.3 Å². The molecule has 0 atom stereocenters. The second-order valence-corrected chi connectivity index (χ2v) is 5.36. The lowest BCUT2D eigenvalue weighted by Crippen LogP contribution is -2.19. The van der Waals surface area contributed by atoms with Crippen LogP contribution in [0.3, 0.4) is 0 Å². The van der Waals surface area contributed by atoms with Gasteiger partial charge in [-0.15, -0.1) is 0 Å². The van der Waals surface area contributed by atoms with E-state index in [2.05, 4.69) is 10.6 Å². The van der Waals surface area contributed by atoms with Crippen LogP contribution in [0.5, 0.6) is 0 Å². The standard InChI is InChI=1S/C20H15FN2O2/c21-16-8-12-18(13-9-16)23-20(25)22-17-10-6-15(7-11-17)19(24)14-4-2-1-3-5-14/h1-13H,(H2,22,23,25). The molecule has 0 radical (unpaired) electrons. The van der Waals surface area contributed by atoms with Crippen LogP contribution in [0.4, 0.5) is 20.6 Å².